The highest BCUT2D eigenvalue weighted by Crippen LogP contribution is 1.93. The Hall–Kier alpha value is -0.930. The predicted molar refractivity (Wildman–Crippen MR) is 91.5 cm³/mol. The van der Waals surface area contributed by atoms with Gasteiger partial charge in [-0.05, 0) is 33.2 Å². The molecule has 0 saturated heterocycles. The van der Waals surface area contributed by atoms with Gasteiger partial charge in [-0.15, -0.1) is 0 Å². The number of aliphatic hydroxyl groups is 1. The molecule has 23 heavy (non-hydrogen) atoms. The van der Waals surface area contributed by atoms with E-state index >= 15 is 0 Å². The number of nitrogens with one attached hydrogen (secondary N) is 1. The number of nitrogens with two attached hydrogens (primary N) is 2. The third-order valence-corrected chi connectivity index (χ3v) is 2.93. The maximum Gasteiger partial charge on any atom is 0.185 e. The maximum absolute atomic E-state index is 9.75. The number of hydrogen-bond acceptors (Lipinski definition) is 6. The number of aliphatic imine (C=N–C) groups is 1. The highest BCUT2D eigenvalue weighted by molar-refractivity contribution is 5.75. The Morgan fingerprint density at radius 1 is 1.17 bits per heavy atom. The first-order chi connectivity index (χ1) is 11.1. The van der Waals surface area contributed by atoms with Crippen LogP contribution < -0.4 is 16.8 Å². The van der Waals surface area contributed by atoms with Gasteiger partial charge in [-0.2, -0.15) is 0 Å². The first-order valence-corrected chi connectivity index (χ1v) is 8.27. The fourth-order valence-electron chi connectivity index (χ4n) is 1.76. The van der Waals surface area contributed by atoms with Gasteiger partial charge in [-0.25, -0.2) is 0 Å². The van der Waals surface area contributed by atoms with Crippen LogP contribution in [0.4, 0.5) is 0 Å². The van der Waals surface area contributed by atoms with E-state index in [4.69, 9.17) is 25.7 Å². The zero-order valence-corrected chi connectivity index (χ0v) is 14.5. The second kappa shape index (κ2) is 15.9. The molecule has 0 amide bonds. The molecule has 8 nitrogen and oxygen atoms in total. The van der Waals surface area contributed by atoms with Gasteiger partial charge in [0.05, 0.1) is 38.6 Å². The lowest BCUT2D eigenvalue weighted by Crippen LogP contribution is -2.31. The predicted octanol–water partition coefficient (Wildman–Crippen LogP) is -0.551. The number of ether oxygens (including phenoxy) is 3. The lowest BCUT2D eigenvalue weighted by molar-refractivity contribution is -0.0391. The summed E-state index contributed by atoms with van der Waals surface area (Å²) in [6.07, 6.45) is 1.41. The van der Waals surface area contributed by atoms with E-state index in [1.54, 1.807) is 0 Å². The first kappa shape index (κ1) is 22.1. The molecule has 0 aromatic heterocycles. The van der Waals surface area contributed by atoms with Crippen LogP contribution >= 0.6 is 0 Å². The summed E-state index contributed by atoms with van der Waals surface area (Å²) in [4.78, 5) is 3.90. The Balaban J connectivity index is 3.30. The largest absolute Gasteiger partial charge is 0.389 e. The zero-order chi connectivity index (χ0) is 17.3. The quantitative estimate of drug-likeness (QED) is 0.169. The molecule has 0 rings (SSSR count). The standard InChI is InChI=1S/C15H34N4O4/c1-3-21-11-13(2)23-9-8-22-12-14(20)10-18-6-4-5-7-19-15(16)17/h13-14,18,20H,3-12H2,1-2H3,(H4,16,17,19). The van der Waals surface area contributed by atoms with Gasteiger partial charge in [0.2, 0.25) is 0 Å². The molecular formula is C15H34N4O4. The van der Waals surface area contributed by atoms with Gasteiger partial charge >= 0.3 is 0 Å². The van der Waals surface area contributed by atoms with Crippen molar-refractivity contribution in [3.8, 4) is 0 Å². The summed E-state index contributed by atoms with van der Waals surface area (Å²) in [5.41, 5.74) is 10.5. The first-order valence-electron chi connectivity index (χ1n) is 8.27. The number of guanidine groups is 1. The van der Waals surface area contributed by atoms with Crippen molar-refractivity contribution in [2.24, 2.45) is 16.5 Å². The number of hydrogen-bond donors (Lipinski definition) is 4. The summed E-state index contributed by atoms with van der Waals surface area (Å²) in [5.74, 6) is 0.127. The summed E-state index contributed by atoms with van der Waals surface area (Å²) in [6.45, 7) is 8.41. The molecule has 0 spiro atoms. The van der Waals surface area contributed by atoms with E-state index in [0.29, 0.717) is 46.1 Å². The van der Waals surface area contributed by atoms with E-state index < -0.39 is 6.10 Å². The molecule has 0 aliphatic carbocycles. The molecule has 0 fully saturated rings. The van der Waals surface area contributed by atoms with Crippen LogP contribution in [0.15, 0.2) is 4.99 Å². The molecule has 0 heterocycles. The smallest absolute Gasteiger partial charge is 0.185 e. The summed E-state index contributed by atoms with van der Waals surface area (Å²) in [6, 6.07) is 0. The van der Waals surface area contributed by atoms with Crippen LogP contribution in [0.3, 0.4) is 0 Å². The van der Waals surface area contributed by atoms with Crippen LogP contribution in [0.1, 0.15) is 26.7 Å². The summed E-state index contributed by atoms with van der Waals surface area (Å²) in [5, 5.41) is 12.9. The summed E-state index contributed by atoms with van der Waals surface area (Å²) < 4.78 is 16.1. The number of aliphatic hydroxyl groups excluding tert-OH is 1. The van der Waals surface area contributed by atoms with Gasteiger partial charge in [0.25, 0.3) is 0 Å². The number of unbranched alkanes of at least 4 members (excludes halogenated alkanes) is 1. The van der Waals surface area contributed by atoms with Crippen LogP contribution in [0.2, 0.25) is 0 Å². The Morgan fingerprint density at radius 3 is 2.65 bits per heavy atom. The highest BCUT2D eigenvalue weighted by Gasteiger charge is 2.05. The summed E-state index contributed by atoms with van der Waals surface area (Å²) in [7, 11) is 0. The van der Waals surface area contributed by atoms with Crippen molar-refractivity contribution in [3.05, 3.63) is 0 Å². The van der Waals surface area contributed by atoms with Crippen LogP contribution in [0, 0.1) is 0 Å². The lowest BCUT2D eigenvalue weighted by Gasteiger charge is -2.14. The minimum absolute atomic E-state index is 0.0593. The average molecular weight is 334 g/mol. The molecule has 0 aliphatic heterocycles. The third kappa shape index (κ3) is 17.3. The molecule has 6 N–H and O–H groups in total. The third-order valence-electron chi connectivity index (χ3n) is 2.93. The van der Waals surface area contributed by atoms with E-state index in [1.165, 1.54) is 0 Å². The fraction of sp³-hybridized carbons (Fsp3) is 0.933. The second-order valence-electron chi connectivity index (χ2n) is 5.29. The molecule has 0 aromatic carbocycles. The van der Waals surface area contributed by atoms with Crippen molar-refractivity contribution < 1.29 is 19.3 Å². The van der Waals surface area contributed by atoms with E-state index in [2.05, 4.69) is 10.3 Å². The Kier molecular flexibility index (Phi) is 15.3. The minimum atomic E-state index is -0.520. The molecule has 2 unspecified atom stereocenters. The highest BCUT2D eigenvalue weighted by atomic mass is 16.6. The number of nitrogens with zero attached hydrogens (tertiary/aromatic N) is 1. The lowest BCUT2D eigenvalue weighted by atomic mass is 10.3. The Bertz CT molecular complexity index is 289. The molecule has 8 heteroatoms. The van der Waals surface area contributed by atoms with Crippen molar-refractivity contribution in [1.82, 2.24) is 5.32 Å². The molecule has 0 bridgehead atoms. The second-order valence-corrected chi connectivity index (χ2v) is 5.29. The van der Waals surface area contributed by atoms with Crippen molar-refractivity contribution in [2.75, 3.05) is 52.7 Å². The van der Waals surface area contributed by atoms with Crippen LogP contribution in [0.25, 0.3) is 0 Å². The molecule has 138 valence electrons. The molecule has 0 aliphatic rings. The van der Waals surface area contributed by atoms with Gasteiger partial charge in [0, 0.05) is 19.7 Å². The molecule has 0 saturated carbocycles. The van der Waals surface area contributed by atoms with Crippen molar-refractivity contribution in [1.29, 1.82) is 0 Å². The van der Waals surface area contributed by atoms with Crippen molar-refractivity contribution in [2.45, 2.75) is 38.9 Å². The molecular weight excluding hydrogens is 300 g/mol. The SMILES string of the molecule is CCOCC(C)OCCOCC(O)CNCCCCN=C(N)N. The monoisotopic (exact) mass is 334 g/mol. The van der Waals surface area contributed by atoms with E-state index in [1.807, 2.05) is 13.8 Å². The van der Waals surface area contributed by atoms with Gasteiger partial charge < -0.3 is 36.1 Å². The van der Waals surface area contributed by atoms with E-state index in [9.17, 15) is 5.11 Å². The normalized spacial score (nSPS) is 13.7. The molecule has 2 atom stereocenters. The van der Waals surface area contributed by atoms with E-state index in [-0.39, 0.29) is 12.1 Å². The van der Waals surface area contributed by atoms with Crippen LogP contribution in [-0.4, -0.2) is 75.9 Å². The fourth-order valence-corrected chi connectivity index (χ4v) is 1.76. The zero-order valence-electron chi connectivity index (χ0n) is 14.5. The molecule has 0 radical (unpaired) electrons. The summed E-state index contributed by atoms with van der Waals surface area (Å²) >= 11 is 0. The number of rotatable bonds is 16. The average Bonchev–Trinajstić information content (AvgIpc) is 2.51. The maximum atomic E-state index is 9.75. The topological polar surface area (TPSA) is 124 Å². The van der Waals surface area contributed by atoms with E-state index in [0.717, 1.165) is 19.4 Å². The van der Waals surface area contributed by atoms with Gasteiger partial charge in [0.1, 0.15) is 0 Å². The van der Waals surface area contributed by atoms with Gasteiger partial charge in [-0.3, -0.25) is 4.99 Å². The van der Waals surface area contributed by atoms with Gasteiger partial charge in [0.15, 0.2) is 5.96 Å². The van der Waals surface area contributed by atoms with Crippen LogP contribution in [0.5, 0.6) is 0 Å². The van der Waals surface area contributed by atoms with Crippen molar-refractivity contribution in [3.63, 3.8) is 0 Å². The van der Waals surface area contributed by atoms with Crippen molar-refractivity contribution >= 4 is 5.96 Å². The Labute approximate surface area is 139 Å². The Morgan fingerprint density at radius 2 is 1.96 bits per heavy atom. The van der Waals surface area contributed by atoms with Crippen LogP contribution in [-0.2, 0) is 14.2 Å². The minimum Gasteiger partial charge on any atom is -0.389 e. The van der Waals surface area contributed by atoms with Gasteiger partial charge in [-0.1, -0.05) is 0 Å². The molecule has 0 aromatic rings.